The van der Waals surface area contributed by atoms with Crippen LogP contribution in [-0.4, -0.2) is 32.6 Å². The minimum Gasteiger partial charge on any atom is -0.349 e. The number of Topliss-reactive ketones (excluding diaryl/α,β-unsaturated/α-hetero) is 1. The molecule has 6 nitrogen and oxygen atoms in total. The maximum atomic E-state index is 11.4. The zero-order chi connectivity index (χ0) is 19.8. The first-order valence-electron chi connectivity index (χ1n) is 9.07. The van der Waals surface area contributed by atoms with Crippen molar-refractivity contribution in [2.24, 2.45) is 0 Å². The van der Waals surface area contributed by atoms with Crippen LogP contribution in [0.15, 0.2) is 45.6 Å². The summed E-state index contributed by atoms with van der Waals surface area (Å²) in [6, 6.07) is 8.42. The summed E-state index contributed by atoms with van der Waals surface area (Å²) in [5.41, 5.74) is 2.70. The third kappa shape index (κ3) is 3.63. The molecule has 28 heavy (non-hydrogen) atoms. The van der Waals surface area contributed by atoms with Crippen LogP contribution >= 0.6 is 31.9 Å². The Balaban J connectivity index is 1.73. The van der Waals surface area contributed by atoms with E-state index in [1.54, 1.807) is 10.7 Å². The average molecular weight is 505 g/mol. The Bertz CT molecular complexity index is 1080. The second-order valence-electron chi connectivity index (χ2n) is 6.99. The zero-order valence-electron chi connectivity index (χ0n) is 15.3. The molecule has 3 aromatic rings. The highest BCUT2D eigenvalue weighted by molar-refractivity contribution is 9.11. The third-order valence-electron chi connectivity index (χ3n) is 4.97. The number of ketones is 1. The number of benzene rings is 1. The number of halogens is 2. The molecule has 4 rings (SSSR count). The van der Waals surface area contributed by atoms with Crippen molar-refractivity contribution in [3.05, 3.63) is 56.7 Å². The van der Waals surface area contributed by atoms with Crippen LogP contribution in [-0.2, 0) is 4.79 Å². The average Bonchev–Trinajstić information content (AvgIpc) is 3.29. The molecule has 1 aliphatic heterocycles. The lowest BCUT2D eigenvalue weighted by atomic mass is 10.0. The molecule has 1 atom stereocenters. The van der Waals surface area contributed by atoms with E-state index in [1.165, 1.54) is 12.5 Å². The van der Waals surface area contributed by atoms with E-state index >= 15 is 0 Å². The number of anilines is 1. The molecule has 3 heterocycles. The Kier molecular flexibility index (Phi) is 5.33. The van der Waals surface area contributed by atoms with Crippen molar-refractivity contribution in [1.29, 1.82) is 5.41 Å². The molecule has 1 aliphatic rings. The summed E-state index contributed by atoms with van der Waals surface area (Å²) in [6.07, 6.45) is 5.71. The van der Waals surface area contributed by atoms with Gasteiger partial charge >= 0.3 is 0 Å². The number of fused-ring (bicyclic) bond motifs is 1. The van der Waals surface area contributed by atoms with Crippen molar-refractivity contribution in [3.63, 3.8) is 0 Å². The highest BCUT2D eigenvalue weighted by Gasteiger charge is 2.29. The van der Waals surface area contributed by atoms with Crippen LogP contribution in [0.5, 0.6) is 0 Å². The molecular formula is C20H19Br2N5O. The molecule has 0 saturated carbocycles. The minimum absolute atomic E-state index is 0.0420. The van der Waals surface area contributed by atoms with Crippen molar-refractivity contribution in [2.75, 3.05) is 11.4 Å². The molecule has 2 aromatic heterocycles. The lowest BCUT2D eigenvalue weighted by Crippen LogP contribution is -2.24. The summed E-state index contributed by atoms with van der Waals surface area (Å²) in [6.45, 7) is 2.41. The quantitative estimate of drug-likeness (QED) is 0.499. The maximum absolute atomic E-state index is 11.4. The van der Waals surface area contributed by atoms with Crippen LogP contribution in [0.4, 0.5) is 5.82 Å². The van der Waals surface area contributed by atoms with E-state index in [-0.39, 0.29) is 24.0 Å². The van der Waals surface area contributed by atoms with Crippen LogP contribution in [0.1, 0.15) is 43.4 Å². The van der Waals surface area contributed by atoms with E-state index in [9.17, 15) is 4.79 Å². The fourth-order valence-corrected chi connectivity index (χ4v) is 4.60. The molecule has 0 unspecified atom stereocenters. The molecule has 0 bridgehead atoms. The molecule has 1 saturated heterocycles. The first kappa shape index (κ1) is 19.3. The molecule has 0 amide bonds. The molecule has 1 N–H and O–H groups in total. The van der Waals surface area contributed by atoms with Gasteiger partial charge in [0.15, 0.2) is 5.65 Å². The number of rotatable bonds is 5. The number of nitrogens with one attached hydrogen (secondary N) is 1. The molecule has 1 fully saturated rings. The Labute approximate surface area is 179 Å². The summed E-state index contributed by atoms with van der Waals surface area (Å²) < 4.78 is 3.80. The normalized spacial score (nSPS) is 16.7. The Morgan fingerprint density at radius 1 is 1.32 bits per heavy atom. The predicted molar refractivity (Wildman–Crippen MR) is 116 cm³/mol. The number of carbonyl (C=O) groups excluding carboxylic acids is 1. The number of hydrogen-bond donors (Lipinski definition) is 1. The van der Waals surface area contributed by atoms with Gasteiger partial charge in [-0.05, 0) is 49.6 Å². The predicted octanol–water partition coefficient (Wildman–Crippen LogP) is 4.94. The molecule has 144 valence electrons. The molecule has 1 aromatic carbocycles. The molecule has 0 spiro atoms. The maximum Gasteiger partial charge on any atom is 0.166 e. The summed E-state index contributed by atoms with van der Waals surface area (Å²) in [5.74, 6) is 0.818. The van der Waals surface area contributed by atoms with Gasteiger partial charge in [0.1, 0.15) is 11.6 Å². The van der Waals surface area contributed by atoms with Gasteiger partial charge < -0.3 is 10.3 Å². The van der Waals surface area contributed by atoms with E-state index in [0.29, 0.717) is 11.2 Å². The van der Waals surface area contributed by atoms with Crippen molar-refractivity contribution < 1.29 is 4.79 Å². The highest BCUT2D eigenvalue weighted by atomic mass is 79.9. The first-order valence-corrected chi connectivity index (χ1v) is 10.7. The van der Waals surface area contributed by atoms with E-state index < -0.39 is 0 Å². The number of hydrogen-bond acceptors (Lipinski definition) is 5. The summed E-state index contributed by atoms with van der Waals surface area (Å²) >= 11 is 7.26. The summed E-state index contributed by atoms with van der Waals surface area (Å²) in [4.78, 5) is 18.5. The topological polar surface area (TPSA) is 74.3 Å². The van der Waals surface area contributed by atoms with Crippen LogP contribution in [0.2, 0.25) is 0 Å². The van der Waals surface area contributed by atoms with Gasteiger partial charge in [0.05, 0.1) is 23.5 Å². The fraction of sp³-hybridized carbons (Fsp3) is 0.300. The van der Waals surface area contributed by atoms with Gasteiger partial charge in [-0.15, -0.1) is 0 Å². The molecule has 0 radical (unpaired) electrons. The monoisotopic (exact) mass is 503 g/mol. The van der Waals surface area contributed by atoms with Gasteiger partial charge in [-0.3, -0.25) is 4.79 Å². The van der Waals surface area contributed by atoms with Crippen LogP contribution in [0.3, 0.4) is 0 Å². The van der Waals surface area contributed by atoms with Crippen LogP contribution < -0.4 is 4.90 Å². The van der Waals surface area contributed by atoms with E-state index in [0.717, 1.165) is 34.1 Å². The smallest absolute Gasteiger partial charge is 0.166 e. The first-order chi connectivity index (χ1) is 13.4. The van der Waals surface area contributed by atoms with Gasteiger partial charge in [0, 0.05) is 28.1 Å². The Morgan fingerprint density at radius 2 is 2.14 bits per heavy atom. The van der Waals surface area contributed by atoms with Crippen molar-refractivity contribution in [1.82, 2.24) is 14.6 Å². The van der Waals surface area contributed by atoms with Crippen LogP contribution in [0, 0.1) is 5.41 Å². The minimum atomic E-state index is -0.0420. The van der Waals surface area contributed by atoms with Gasteiger partial charge in [0.2, 0.25) is 0 Å². The highest BCUT2D eigenvalue weighted by Crippen LogP contribution is 2.39. The Hall–Kier alpha value is -2.06. The van der Waals surface area contributed by atoms with E-state index in [4.69, 9.17) is 10.4 Å². The van der Waals surface area contributed by atoms with Crippen molar-refractivity contribution in [2.45, 2.75) is 32.2 Å². The van der Waals surface area contributed by atoms with E-state index in [2.05, 4.69) is 54.0 Å². The van der Waals surface area contributed by atoms with E-state index in [1.807, 2.05) is 18.3 Å². The molecule has 8 heteroatoms. The zero-order valence-corrected chi connectivity index (χ0v) is 18.5. The number of nitrogens with zero attached hydrogens (tertiary/aromatic N) is 4. The van der Waals surface area contributed by atoms with Crippen LogP contribution in [0.25, 0.3) is 5.65 Å². The van der Waals surface area contributed by atoms with Gasteiger partial charge in [-0.2, -0.15) is 5.10 Å². The third-order valence-corrected chi connectivity index (χ3v) is 6.18. The second kappa shape index (κ2) is 7.75. The van der Waals surface area contributed by atoms with Gasteiger partial charge in [-0.1, -0.05) is 31.9 Å². The number of aromatic nitrogens is 3. The van der Waals surface area contributed by atoms with Crippen molar-refractivity contribution >= 4 is 54.8 Å². The second-order valence-corrected chi connectivity index (χ2v) is 8.76. The van der Waals surface area contributed by atoms with Gasteiger partial charge in [0.25, 0.3) is 0 Å². The fourth-order valence-electron chi connectivity index (χ4n) is 3.71. The standard InChI is InChI=1S/C20H19Br2N5O/c1-12(28)9-17(23)15-11-24-27-8-6-19(25-20(15)27)26-7-2-3-18(26)14-10-13(21)4-5-16(14)22/h4-6,8,10-11,18,23H,2-3,7,9H2,1H3/t18-/m1/s1. The molecule has 0 aliphatic carbocycles. The SMILES string of the molecule is CC(=O)CC(=N)c1cnn2ccc(N3CCC[C@@H]3c3cc(Br)ccc3Br)nc12. The van der Waals surface area contributed by atoms with Crippen molar-refractivity contribution in [3.8, 4) is 0 Å². The summed E-state index contributed by atoms with van der Waals surface area (Å²) in [5, 5.41) is 12.5. The lowest BCUT2D eigenvalue weighted by Gasteiger charge is -2.27. The molecular weight excluding hydrogens is 486 g/mol. The Morgan fingerprint density at radius 3 is 2.93 bits per heavy atom. The van der Waals surface area contributed by atoms with Gasteiger partial charge in [-0.25, -0.2) is 9.50 Å². The lowest BCUT2D eigenvalue weighted by molar-refractivity contribution is -0.115. The summed E-state index contributed by atoms with van der Waals surface area (Å²) in [7, 11) is 0. The largest absolute Gasteiger partial charge is 0.349 e. The number of carbonyl (C=O) groups is 1.